The molecule has 13 aromatic rings. The van der Waals surface area contributed by atoms with Crippen molar-refractivity contribution in [3.05, 3.63) is 467 Å². The van der Waals surface area contributed by atoms with Crippen LogP contribution in [-0.4, -0.2) is 232 Å². The summed E-state index contributed by atoms with van der Waals surface area (Å²) in [6, 6.07) is 95.0. The monoisotopic (exact) mass is 2020 g/mol. The Morgan fingerprint density at radius 2 is 0.295 bits per heavy atom. The molecule has 0 aliphatic carbocycles. The van der Waals surface area contributed by atoms with Crippen molar-refractivity contribution >= 4 is 77.6 Å². The van der Waals surface area contributed by atoms with Gasteiger partial charge >= 0.3 is 77.6 Å². The highest BCUT2D eigenvalue weighted by molar-refractivity contribution is 5.96. The summed E-state index contributed by atoms with van der Waals surface area (Å²) in [5.41, 5.74) is -1.88. The van der Waals surface area contributed by atoms with Crippen LogP contribution in [0.3, 0.4) is 0 Å². The van der Waals surface area contributed by atoms with Crippen LogP contribution < -0.4 is 0 Å². The number of carbonyl (C=O) groups excluding carboxylic acids is 13. The van der Waals surface area contributed by atoms with Crippen molar-refractivity contribution in [1.82, 2.24) is 0 Å². The number of aliphatic hydroxyl groups excluding tert-OH is 1. The number of hydrogen-bond donors (Lipinski definition) is 1. The first kappa shape index (κ1) is 103. The molecule has 0 amide bonds. The summed E-state index contributed by atoms with van der Waals surface area (Å²) < 4.78 is 134. The third-order valence-electron chi connectivity index (χ3n) is 24.1. The van der Waals surface area contributed by atoms with Crippen molar-refractivity contribution < 1.29 is 162 Å². The van der Waals surface area contributed by atoms with Crippen molar-refractivity contribution in [3.63, 3.8) is 0 Å². The average Bonchev–Trinajstić information content (AvgIpc) is 0.748. The van der Waals surface area contributed by atoms with Gasteiger partial charge in [0.25, 0.3) is 0 Å². The second-order valence-corrected chi connectivity index (χ2v) is 34.0. The van der Waals surface area contributed by atoms with Crippen LogP contribution in [0.5, 0.6) is 0 Å². The van der Waals surface area contributed by atoms with E-state index in [2.05, 4.69) is 0 Å². The lowest BCUT2D eigenvalue weighted by Crippen LogP contribution is -2.70. The summed E-state index contributed by atoms with van der Waals surface area (Å²) in [5.74, 6) is -15.2. The minimum absolute atomic E-state index is 0.00614. The zero-order chi connectivity index (χ0) is 103. The first-order valence-electron chi connectivity index (χ1n) is 47.2. The number of aliphatic hydroxyl groups is 1. The van der Waals surface area contributed by atoms with E-state index >= 15 is 43.2 Å². The number of ether oxygens (including phenoxy) is 20. The smallest absolute Gasteiger partial charge is 0.338 e. The van der Waals surface area contributed by atoms with Gasteiger partial charge in [0, 0.05) is 0 Å². The highest BCUT2D eigenvalue weighted by Gasteiger charge is 2.63. The fourth-order valence-electron chi connectivity index (χ4n) is 16.7. The maximum atomic E-state index is 16.2. The molecule has 4 saturated heterocycles. The van der Waals surface area contributed by atoms with Gasteiger partial charge in [0.15, 0.2) is 80.1 Å². The van der Waals surface area contributed by atoms with Crippen molar-refractivity contribution in [2.45, 2.75) is 123 Å². The number of benzene rings is 13. The molecule has 34 heteroatoms. The summed E-state index contributed by atoms with van der Waals surface area (Å²) in [6.07, 6.45) is -47.0. The summed E-state index contributed by atoms with van der Waals surface area (Å²) in [5, 5.41) is 12.9. The van der Waals surface area contributed by atoms with Gasteiger partial charge in [-0.05, 0) is 158 Å². The standard InChI is InChI=1S/C115H94O34/c116-99(70-40-14-1-15-41-70)130-66-83-87(138-103(120)74-48-22-5-23-49-74)91(95(112(129)134-83)143-108(125)79-58-32-10-33-59-79)147-114-97(145-110(127)81-62-36-12-37-63-81)93(89(140-105(122)76-52-26-7-27-53-76)85(136-114)68-132-101(118)72-44-18-3-19-45-72)149-115-98(146-111(128)82-64-38-13-39-65-82)94(90(141-106(123)77-54-28-8-29-55-77)86(137-115)69-133-102(119)73-46-20-4-21-47-73)148-113-96(144-109(126)80-60-34-11-35-61-80)92(142-107(124)78-56-30-9-31-57-78)88(139-104(121)75-50-24-6-25-51-75)84(135-113)67-131-100(117)71-42-16-2-17-43-71/h1-65,83-98,112-115,129H,66-69H2/t83-,84-,85-,86-,87-,88-,89-,90-,91+,92+,93+,94+,95+,96+,97+,98+,112+,113-,114-,115-/m1/s1. The first-order valence-corrected chi connectivity index (χ1v) is 47.2. The van der Waals surface area contributed by atoms with Gasteiger partial charge in [-0.25, -0.2) is 62.3 Å². The van der Waals surface area contributed by atoms with E-state index in [1.807, 2.05) is 0 Å². The van der Waals surface area contributed by atoms with Crippen LogP contribution in [0, 0.1) is 0 Å². The van der Waals surface area contributed by atoms with Crippen molar-refractivity contribution in [3.8, 4) is 0 Å². The van der Waals surface area contributed by atoms with E-state index in [9.17, 15) is 24.3 Å². The van der Waals surface area contributed by atoms with Gasteiger partial charge in [-0.2, -0.15) is 0 Å². The summed E-state index contributed by atoms with van der Waals surface area (Å²) in [7, 11) is 0. The molecule has 0 unspecified atom stereocenters. The first-order chi connectivity index (χ1) is 72.7. The van der Waals surface area contributed by atoms with E-state index in [4.69, 9.17) is 94.7 Å². The molecule has 0 spiro atoms. The lowest BCUT2D eigenvalue weighted by Gasteiger charge is -2.51. The molecule has 13 aromatic carbocycles. The highest BCUT2D eigenvalue weighted by Crippen LogP contribution is 2.43. The van der Waals surface area contributed by atoms with E-state index < -0.39 is 227 Å². The molecule has 4 fully saturated rings. The van der Waals surface area contributed by atoms with Crippen LogP contribution in [0.15, 0.2) is 394 Å². The van der Waals surface area contributed by atoms with E-state index in [1.165, 1.54) is 303 Å². The molecular weight excluding hydrogens is 1930 g/mol. The molecule has 4 aliphatic heterocycles. The minimum Gasteiger partial charge on any atom is -0.459 e. The molecule has 4 heterocycles. The van der Waals surface area contributed by atoms with Gasteiger partial charge < -0.3 is 99.8 Å². The topological polar surface area (TPSA) is 427 Å². The predicted octanol–water partition coefficient (Wildman–Crippen LogP) is 14.5. The molecule has 758 valence electrons. The zero-order valence-corrected chi connectivity index (χ0v) is 78.8. The summed E-state index contributed by atoms with van der Waals surface area (Å²) in [6.45, 7) is -4.16. The Labute approximate surface area is 851 Å². The average molecular weight is 2020 g/mol. The van der Waals surface area contributed by atoms with E-state index in [-0.39, 0.29) is 72.3 Å². The fraction of sp³-hybridized carbons (Fsp3) is 0.209. The van der Waals surface area contributed by atoms with Crippen molar-refractivity contribution in [2.75, 3.05) is 26.4 Å². The maximum Gasteiger partial charge on any atom is 0.338 e. The van der Waals surface area contributed by atoms with Gasteiger partial charge in [0.2, 0.25) is 0 Å². The molecule has 4 aliphatic rings. The SMILES string of the molecule is O=C(OC[C@H]1O[C@H](O[C@@H]2[C@H](OC(=O)c3ccccc3)[C@@H](O[C@@H]3[C@H](OC(=O)c4ccccc4)[C@@H](O[C@@H]4[C@H](OC(=O)c5ccccc5)[C@@H](O)O[C@H](COC(=O)c5ccccc5)[C@H]4OC(=O)c4ccccc4)O[C@H](COC(=O)c4ccccc4)[C@H]3OC(=O)c3ccccc3)O[C@H](COC(=O)c3ccccc3)[C@H]2OC(=O)c2ccccc2)[C@@H](OC(=O)c2ccccc2)[C@@H](OC(=O)c2ccccc2)[C@@H]1OC(=O)c1ccccc1)c1ccccc1. The molecule has 34 nitrogen and oxygen atoms in total. The molecule has 20 atom stereocenters. The number of rotatable bonds is 36. The molecule has 0 aromatic heterocycles. The Morgan fingerprint density at radius 3 is 0.483 bits per heavy atom. The van der Waals surface area contributed by atoms with Crippen LogP contribution in [0.4, 0.5) is 0 Å². The quantitative estimate of drug-likeness (QED) is 0.0281. The van der Waals surface area contributed by atoms with Gasteiger partial charge in [0.05, 0.1) is 72.3 Å². The third kappa shape index (κ3) is 26.3. The minimum atomic E-state index is -2.68. The van der Waals surface area contributed by atoms with E-state index in [1.54, 1.807) is 91.0 Å². The number of carbonyl (C=O) groups is 13. The highest BCUT2D eigenvalue weighted by atomic mass is 16.8. The molecule has 0 bridgehead atoms. The molecule has 0 saturated carbocycles. The van der Waals surface area contributed by atoms with E-state index in [0.717, 1.165) is 0 Å². The number of esters is 13. The largest absolute Gasteiger partial charge is 0.459 e. The predicted molar refractivity (Wildman–Crippen MR) is 519 cm³/mol. The van der Waals surface area contributed by atoms with Gasteiger partial charge in [-0.1, -0.05) is 237 Å². The normalized spacial score (nSPS) is 23.2. The Bertz CT molecular complexity index is 6720. The van der Waals surface area contributed by atoms with Crippen LogP contribution in [-0.2, 0) is 94.7 Å². The lowest BCUT2D eigenvalue weighted by atomic mass is 9.94. The van der Waals surface area contributed by atoms with Crippen molar-refractivity contribution in [1.29, 1.82) is 0 Å². The lowest BCUT2D eigenvalue weighted by molar-refractivity contribution is -0.386. The van der Waals surface area contributed by atoms with Crippen LogP contribution >= 0.6 is 0 Å². The molecule has 149 heavy (non-hydrogen) atoms. The van der Waals surface area contributed by atoms with Gasteiger partial charge in [-0.15, -0.1) is 0 Å². The third-order valence-corrected chi connectivity index (χ3v) is 24.1. The Hall–Kier alpha value is -17.4. The number of hydrogen-bond acceptors (Lipinski definition) is 34. The fourth-order valence-corrected chi connectivity index (χ4v) is 16.7. The van der Waals surface area contributed by atoms with Gasteiger partial charge in [-0.3, -0.25) is 0 Å². The molecular formula is C115H94O34. The summed E-state index contributed by atoms with van der Waals surface area (Å²) >= 11 is 0. The second kappa shape index (κ2) is 50.0. The molecule has 1 N–H and O–H groups in total. The molecule has 17 rings (SSSR count). The second-order valence-electron chi connectivity index (χ2n) is 34.0. The van der Waals surface area contributed by atoms with Gasteiger partial charge in [0.1, 0.15) is 69.2 Å². The van der Waals surface area contributed by atoms with Crippen molar-refractivity contribution in [2.24, 2.45) is 0 Å². The van der Waals surface area contributed by atoms with Crippen LogP contribution in [0.25, 0.3) is 0 Å². The molecule has 0 radical (unpaired) electrons. The Morgan fingerprint density at radius 1 is 0.161 bits per heavy atom. The zero-order valence-electron chi connectivity index (χ0n) is 78.8. The van der Waals surface area contributed by atoms with Crippen LogP contribution in [0.2, 0.25) is 0 Å². The summed E-state index contributed by atoms with van der Waals surface area (Å²) in [4.78, 5) is 199. The Balaban J connectivity index is 0.901. The van der Waals surface area contributed by atoms with Crippen LogP contribution in [0.1, 0.15) is 135 Å². The van der Waals surface area contributed by atoms with E-state index in [0.29, 0.717) is 0 Å². The maximum absolute atomic E-state index is 16.2. The Kier molecular flexibility index (Phi) is 34.6.